The summed E-state index contributed by atoms with van der Waals surface area (Å²) in [6.45, 7) is 5.99. The van der Waals surface area contributed by atoms with Crippen LogP contribution in [0.5, 0.6) is 0 Å². The fourth-order valence-electron chi connectivity index (χ4n) is 5.16. The SMILES string of the molecule is CC(C)(C)C1C(c2ccncc2NC(=O)c2ccc(F)c(Br)n2)CCC2OC(=O)N(C(=O)O)C21. The zero-order chi connectivity index (χ0) is 24.8. The molecule has 4 unspecified atom stereocenters. The van der Waals surface area contributed by atoms with Crippen LogP contribution in [0.15, 0.2) is 35.2 Å². The number of amides is 3. The first-order valence-corrected chi connectivity index (χ1v) is 11.6. The van der Waals surface area contributed by atoms with Crippen LogP contribution in [0, 0.1) is 17.2 Å². The molecular formula is C23H24BrFN4O5. The van der Waals surface area contributed by atoms with Gasteiger partial charge in [0.05, 0.1) is 17.9 Å². The summed E-state index contributed by atoms with van der Waals surface area (Å²) in [5.41, 5.74) is 0.835. The van der Waals surface area contributed by atoms with Gasteiger partial charge in [0.15, 0.2) is 5.82 Å². The lowest BCUT2D eigenvalue weighted by molar-refractivity contribution is 0.0244. The van der Waals surface area contributed by atoms with Gasteiger partial charge in [-0.3, -0.25) is 9.78 Å². The average Bonchev–Trinajstić information content (AvgIpc) is 3.10. The Hall–Kier alpha value is -3.08. The minimum Gasteiger partial charge on any atom is -0.465 e. The third-order valence-corrected chi connectivity index (χ3v) is 6.99. The van der Waals surface area contributed by atoms with E-state index in [2.05, 4.69) is 31.2 Å². The Morgan fingerprint density at radius 2 is 2.00 bits per heavy atom. The van der Waals surface area contributed by atoms with Crippen LogP contribution >= 0.6 is 15.9 Å². The number of hydrogen-bond acceptors (Lipinski definition) is 6. The highest BCUT2D eigenvalue weighted by Crippen LogP contribution is 2.52. The number of rotatable bonds is 3. The number of carbonyl (C=O) groups excluding carboxylic acids is 2. The number of fused-ring (bicyclic) bond motifs is 1. The number of carbonyl (C=O) groups is 3. The van der Waals surface area contributed by atoms with Gasteiger partial charge in [-0.25, -0.2) is 23.9 Å². The van der Waals surface area contributed by atoms with Gasteiger partial charge in [0, 0.05) is 6.20 Å². The number of ether oxygens (including phenoxy) is 1. The first kappa shape index (κ1) is 24.1. The summed E-state index contributed by atoms with van der Waals surface area (Å²) in [5, 5.41) is 12.5. The van der Waals surface area contributed by atoms with Crippen molar-refractivity contribution in [1.82, 2.24) is 14.9 Å². The third-order valence-electron chi connectivity index (χ3n) is 6.44. The number of nitrogens with one attached hydrogen (secondary N) is 1. The second-order valence-corrected chi connectivity index (χ2v) is 10.3. The number of nitrogens with zero attached hydrogens (tertiary/aromatic N) is 3. The van der Waals surface area contributed by atoms with E-state index in [1.165, 1.54) is 12.3 Å². The van der Waals surface area contributed by atoms with Crippen molar-refractivity contribution in [1.29, 1.82) is 0 Å². The zero-order valence-electron chi connectivity index (χ0n) is 18.8. The summed E-state index contributed by atoms with van der Waals surface area (Å²) in [4.78, 5) is 46.0. The summed E-state index contributed by atoms with van der Waals surface area (Å²) in [7, 11) is 0. The molecule has 1 aliphatic heterocycles. The van der Waals surface area contributed by atoms with E-state index in [-0.39, 0.29) is 22.1 Å². The molecule has 0 spiro atoms. The minimum absolute atomic E-state index is 0.0194. The van der Waals surface area contributed by atoms with Crippen LogP contribution in [0.4, 0.5) is 19.7 Å². The van der Waals surface area contributed by atoms with Gasteiger partial charge in [0.1, 0.15) is 16.4 Å². The Balaban J connectivity index is 1.71. The normalized spacial score (nSPS) is 24.4. The lowest BCUT2D eigenvalue weighted by atomic mass is 9.61. The molecule has 4 atom stereocenters. The molecule has 11 heteroatoms. The van der Waals surface area contributed by atoms with Crippen LogP contribution < -0.4 is 5.32 Å². The fraction of sp³-hybridized carbons (Fsp3) is 0.435. The van der Waals surface area contributed by atoms with Crippen LogP contribution in [0.25, 0.3) is 0 Å². The van der Waals surface area contributed by atoms with Gasteiger partial charge in [-0.1, -0.05) is 20.8 Å². The fourth-order valence-corrected chi connectivity index (χ4v) is 5.48. The van der Waals surface area contributed by atoms with E-state index in [4.69, 9.17) is 4.74 Å². The highest BCUT2D eigenvalue weighted by Gasteiger charge is 2.57. The number of anilines is 1. The minimum atomic E-state index is -1.34. The van der Waals surface area contributed by atoms with Crippen molar-refractivity contribution in [3.05, 3.63) is 52.3 Å². The molecule has 1 saturated heterocycles. The number of carboxylic acid groups (broad SMARTS) is 1. The van der Waals surface area contributed by atoms with Gasteiger partial charge < -0.3 is 15.2 Å². The summed E-state index contributed by atoms with van der Waals surface area (Å²) in [6.07, 6.45) is 1.51. The molecule has 34 heavy (non-hydrogen) atoms. The molecule has 3 heterocycles. The number of imide groups is 1. The molecule has 3 amide bonds. The van der Waals surface area contributed by atoms with Crippen molar-refractivity contribution >= 4 is 39.7 Å². The monoisotopic (exact) mass is 534 g/mol. The molecule has 2 aromatic rings. The Bertz CT molecular complexity index is 1150. The second-order valence-electron chi connectivity index (χ2n) is 9.53. The summed E-state index contributed by atoms with van der Waals surface area (Å²) in [5.74, 6) is -1.60. The number of aromatic nitrogens is 2. The molecule has 2 aromatic heterocycles. The van der Waals surface area contributed by atoms with E-state index in [0.29, 0.717) is 18.5 Å². The van der Waals surface area contributed by atoms with Crippen molar-refractivity contribution in [3.8, 4) is 0 Å². The van der Waals surface area contributed by atoms with Crippen LogP contribution in [0.2, 0.25) is 0 Å². The van der Waals surface area contributed by atoms with Gasteiger partial charge in [-0.05, 0) is 69.8 Å². The van der Waals surface area contributed by atoms with Gasteiger partial charge in [0.25, 0.3) is 5.91 Å². The Morgan fingerprint density at radius 1 is 1.26 bits per heavy atom. The molecule has 9 nitrogen and oxygen atoms in total. The van der Waals surface area contributed by atoms with Crippen LogP contribution in [0.3, 0.4) is 0 Å². The molecule has 2 fully saturated rings. The molecule has 0 bridgehead atoms. The Labute approximate surface area is 203 Å². The maximum atomic E-state index is 13.5. The summed E-state index contributed by atoms with van der Waals surface area (Å²) in [6, 6.07) is 3.55. The topological polar surface area (TPSA) is 122 Å². The predicted octanol–water partition coefficient (Wildman–Crippen LogP) is 5.04. The number of halogens is 2. The highest BCUT2D eigenvalue weighted by atomic mass is 79.9. The Morgan fingerprint density at radius 3 is 2.65 bits per heavy atom. The molecule has 1 saturated carbocycles. The molecule has 4 rings (SSSR count). The maximum absolute atomic E-state index is 13.5. The van der Waals surface area contributed by atoms with Gasteiger partial charge in [-0.15, -0.1) is 0 Å². The first-order chi connectivity index (χ1) is 16.0. The van der Waals surface area contributed by atoms with Crippen molar-refractivity contribution in [2.45, 2.75) is 51.7 Å². The standard InChI is InChI=1S/C23H24BrFN4O5/c1-23(2,3)17-12(4-7-16-18(17)29(21(31)32)22(33)34-16)11-8-9-26-10-15(11)28-20(30)14-6-5-13(25)19(24)27-14/h5-6,8-10,12,16-18H,4,7H2,1-3H3,(H,28,30)(H,31,32). The summed E-state index contributed by atoms with van der Waals surface area (Å²) >= 11 is 2.98. The van der Waals surface area contributed by atoms with Crippen LogP contribution in [-0.2, 0) is 4.74 Å². The van der Waals surface area contributed by atoms with Crippen LogP contribution in [-0.4, -0.2) is 50.2 Å². The molecule has 2 aliphatic rings. The molecule has 0 aromatic carbocycles. The quantitative estimate of drug-likeness (QED) is 0.529. The lowest BCUT2D eigenvalue weighted by Crippen LogP contribution is -2.53. The van der Waals surface area contributed by atoms with Crippen molar-refractivity contribution < 1.29 is 28.6 Å². The van der Waals surface area contributed by atoms with E-state index < -0.39 is 41.5 Å². The molecule has 180 valence electrons. The van der Waals surface area contributed by atoms with E-state index in [1.807, 2.05) is 20.8 Å². The lowest BCUT2D eigenvalue weighted by Gasteiger charge is -2.47. The molecule has 0 radical (unpaired) electrons. The first-order valence-electron chi connectivity index (χ1n) is 10.8. The molecular weight excluding hydrogens is 511 g/mol. The number of pyridine rings is 2. The van der Waals surface area contributed by atoms with E-state index in [0.717, 1.165) is 16.5 Å². The van der Waals surface area contributed by atoms with Crippen molar-refractivity contribution in [3.63, 3.8) is 0 Å². The maximum Gasteiger partial charge on any atom is 0.420 e. The summed E-state index contributed by atoms with van der Waals surface area (Å²) < 4.78 is 18.9. The van der Waals surface area contributed by atoms with Gasteiger partial charge >= 0.3 is 12.2 Å². The van der Waals surface area contributed by atoms with E-state index in [9.17, 15) is 23.9 Å². The second kappa shape index (κ2) is 8.94. The highest BCUT2D eigenvalue weighted by molar-refractivity contribution is 9.10. The predicted molar refractivity (Wildman–Crippen MR) is 123 cm³/mol. The Kier molecular flexibility index (Phi) is 6.32. The third kappa shape index (κ3) is 4.36. The smallest absolute Gasteiger partial charge is 0.420 e. The average molecular weight is 535 g/mol. The van der Waals surface area contributed by atoms with Crippen LogP contribution in [0.1, 0.15) is 55.6 Å². The largest absolute Gasteiger partial charge is 0.465 e. The zero-order valence-corrected chi connectivity index (χ0v) is 20.4. The van der Waals surface area contributed by atoms with E-state index >= 15 is 0 Å². The van der Waals surface area contributed by atoms with Crippen molar-refractivity contribution in [2.24, 2.45) is 11.3 Å². The van der Waals surface area contributed by atoms with Crippen molar-refractivity contribution in [2.75, 3.05) is 5.32 Å². The molecule has 1 aliphatic carbocycles. The number of hydrogen-bond donors (Lipinski definition) is 2. The van der Waals surface area contributed by atoms with E-state index in [1.54, 1.807) is 12.3 Å². The van der Waals surface area contributed by atoms with Gasteiger partial charge in [-0.2, -0.15) is 0 Å². The van der Waals surface area contributed by atoms with Gasteiger partial charge in [0.2, 0.25) is 0 Å². The molecule has 2 N–H and O–H groups in total.